The number of hydrogen-bond donors (Lipinski definition) is 2. The first-order chi connectivity index (χ1) is 11.1. The number of nitrogens with one attached hydrogen (secondary N) is 1. The predicted molar refractivity (Wildman–Crippen MR) is 93.0 cm³/mol. The summed E-state index contributed by atoms with van der Waals surface area (Å²) in [6, 6.07) is 8.94. The number of aromatic amines is 1. The molecule has 2 N–H and O–H groups in total. The van der Waals surface area contributed by atoms with Crippen LogP contribution in [-0.2, 0) is 6.54 Å². The number of hydrogen-bond acceptors (Lipinski definition) is 5. The van der Waals surface area contributed by atoms with Gasteiger partial charge in [-0.15, -0.1) is 11.3 Å². The molecule has 3 rings (SSSR count). The molecule has 120 valence electrons. The number of aliphatic hydroxyl groups excluding tert-OH is 1. The smallest absolute Gasteiger partial charge is 0.259 e. The molecule has 1 aromatic carbocycles. The lowest BCUT2D eigenvalue weighted by Gasteiger charge is -2.26. The number of nitrogens with zero attached hydrogens (tertiary/aromatic N) is 2. The van der Waals surface area contributed by atoms with Crippen molar-refractivity contribution in [1.29, 1.82) is 0 Å². The van der Waals surface area contributed by atoms with Gasteiger partial charge in [0, 0.05) is 5.02 Å². The maximum Gasteiger partial charge on any atom is 0.259 e. The Morgan fingerprint density at radius 1 is 1.35 bits per heavy atom. The minimum atomic E-state index is -0.198. The van der Waals surface area contributed by atoms with E-state index in [4.69, 9.17) is 11.6 Å². The monoisotopic (exact) mass is 349 g/mol. The molecule has 0 fully saturated rings. The largest absolute Gasteiger partial charge is 0.394 e. The van der Waals surface area contributed by atoms with E-state index in [9.17, 15) is 9.90 Å². The molecule has 0 saturated carbocycles. The summed E-state index contributed by atoms with van der Waals surface area (Å²) in [5.74, 6) is 0.583. The Bertz CT molecular complexity index is 860. The summed E-state index contributed by atoms with van der Waals surface area (Å²) in [7, 11) is 1.88. The molecule has 23 heavy (non-hydrogen) atoms. The fourth-order valence-corrected chi connectivity index (χ4v) is 3.42. The van der Waals surface area contributed by atoms with Gasteiger partial charge in [-0.2, -0.15) is 0 Å². The second-order valence-electron chi connectivity index (χ2n) is 5.32. The lowest BCUT2D eigenvalue weighted by atomic mass is 10.1. The highest BCUT2D eigenvalue weighted by Crippen LogP contribution is 2.22. The number of aromatic nitrogens is 2. The quantitative estimate of drug-likeness (QED) is 0.743. The lowest BCUT2D eigenvalue weighted by Crippen LogP contribution is -2.28. The number of rotatable bonds is 5. The Morgan fingerprint density at radius 2 is 2.09 bits per heavy atom. The zero-order chi connectivity index (χ0) is 16.4. The third kappa shape index (κ3) is 3.45. The van der Waals surface area contributed by atoms with Crippen molar-refractivity contribution in [3.05, 3.63) is 62.5 Å². The van der Waals surface area contributed by atoms with Crippen LogP contribution in [0.15, 0.2) is 40.5 Å². The van der Waals surface area contributed by atoms with Gasteiger partial charge in [-0.3, -0.25) is 9.69 Å². The highest BCUT2D eigenvalue weighted by molar-refractivity contribution is 7.16. The number of benzene rings is 1. The molecular formula is C16H16ClN3O2S. The molecule has 0 aliphatic carbocycles. The molecule has 2 aromatic heterocycles. The minimum absolute atomic E-state index is 0.0381. The van der Waals surface area contributed by atoms with E-state index in [1.54, 1.807) is 18.2 Å². The molecule has 0 aliphatic rings. The van der Waals surface area contributed by atoms with Gasteiger partial charge in [-0.1, -0.05) is 23.7 Å². The molecule has 0 bridgehead atoms. The Morgan fingerprint density at radius 3 is 2.78 bits per heavy atom. The van der Waals surface area contributed by atoms with Crippen molar-refractivity contribution >= 4 is 33.2 Å². The second kappa shape index (κ2) is 6.80. The van der Waals surface area contributed by atoms with Crippen molar-refractivity contribution in [3.63, 3.8) is 0 Å². The molecule has 0 radical (unpaired) electrons. The summed E-state index contributed by atoms with van der Waals surface area (Å²) in [5, 5.41) is 12.8. The summed E-state index contributed by atoms with van der Waals surface area (Å²) in [5.41, 5.74) is 0.825. The van der Waals surface area contributed by atoms with Gasteiger partial charge in [0.1, 0.15) is 10.7 Å². The van der Waals surface area contributed by atoms with Crippen LogP contribution in [0.1, 0.15) is 17.4 Å². The minimum Gasteiger partial charge on any atom is -0.394 e. The van der Waals surface area contributed by atoms with Gasteiger partial charge < -0.3 is 10.1 Å². The van der Waals surface area contributed by atoms with E-state index in [-0.39, 0.29) is 18.2 Å². The predicted octanol–water partition coefficient (Wildman–Crippen LogP) is 2.80. The van der Waals surface area contributed by atoms with E-state index in [2.05, 4.69) is 9.97 Å². The molecule has 7 heteroatoms. The van der Waals surface area contributed by atoms with Gasteiger partial charge in [0.05, 0.1) is 24.6 Å². The van der Waals surface area contributed by atoms with Gasteiger partial charge in [-0.25, -0.2) is 4.98 Å². The van der Waals surface area contributed by atoms with E-state index in [0.29, 0.717) is 22.8 Å². The first kappa shape index (κ1) is 16.1. The zero-order valence-corrected chi connectivity index (χ0v) is 14.1. The van der Waals surface area contributed by atoms with Crippen LogP contribution in [0.3, 0.4) is 0 Å². The van der Waals surface area contributed by atoms with Gasteiger partial charge in [0.25, 0.3) is 5.56 Å². The first-order valence-corrected chi connectivity index (χ1v) is 8.37. The number of likely N-dealkylation sites (N-methyl/N-ethyl adjacent to an activating group) is 1. The van der Waals surface area contributed by atoms with E-state index in [1.165, 1.54) is 11.3 Å². The average Bonchev–Trinajstić information content (AvgIpc) is 2.99. The van der Waals surface area contributed by atoms with E-state index in [0.717, 1.165) is 10.4 Å². The Kier molecular flexibility index (Phi) is 4.77. The molecule has 1 unspecified atom stereocenters. The molecular weight excluding hydrogens is 334 g/mol. The number of aliphatic hydroxyl groups is 1. The van der Waals surface area contributed by atoms with E-state index in [1.807, 2.05) is 29.5 Å². The molecule has 3 aromatic rings. The fraction of sp³-hybridized carbons (Fsp3) is 0.250. The maximum absolute atomic E-state index is 12.0. The molecule has 1 atom stereocenters. The maximum atomic E-state index is 12.0. The molecule has 0 spiro atoms. The SMILES string of the molecule is CN(Cc1nc2sccc2c(=O)[nH]1)C(CO)c1ccc(Cl)cc1. The van der Waals surface area contributed by atoms with Gasteiger partial charge in [0.2, 0.25) is 0 Å². The van der Waals surface area contributed by atoms with Gasteiger partial charge >= 0.3 is 0 Å². The number of halogens is 1. The molecule has 5 nitrogen and oxygen atoms in total. The van der Waals surface area contributed by atoms with Crippen molar-refractivity contribution in [1.82, 2.24) is 14.9 Å². The van der Waals surface area contributed by atoms with Crippen LogP contribution >= 0.6 is 22.9 Å². The Hall–Kier alpha value is -1.73. The number of fused-ring (bicyclic) bond motifs is 1. The Labute approximate surface area is 142 Å². The summed E-state index contributed by atoms with van der Waals surface area (Å²) in [4.78, 5) is 22.0. The van der Waals surface area contributed by atoms with Gasteiger partial charge in [-0.05, 0) is 36.2 Å². The van der Waals surface area contributed by atoms with Crippen LogP contribution in [-0.4, -0.2) is 33.6 Å². The van der Waals surface area contributed by atoms with Crippen molar-refractivity contribution in [3.8, 4) is 0 Å². The summed E-state index contributed by atoms with van der Waals surface area (Å²) >= 11 is 7.35. The van der Waals surface area contributed by atoms with Crippen LogP contribution in [0.4, 0.5) is 0 Å². The molecule has 2 heterocycles. The van der Waals surface area contributed by atoms with Crippen molar-refractivity contribution in [2.24, 2.45) is 0 Å². The van der Waals surface area contributed by atoms with E-state index < -0.39 is 0 Å². The number of H-pyrrole nitrogens is 1. The van der Waals surface area contributed by atoms with Crippen molar-refractivity contribution in [2.45, 2.75) is 12.6 Å². The van der Waals surface area contributed by atoms with Crippen molar-refractivity contribution in [2.75, 3.05) is 13.7 Å². The number of thiophene rings is 1. The van der Waals surface area contributed by atoms with Crippen LogP contribution < -0.4 is 5.56 Å². The summed E-state index contributed by atoms with van der Waals surface area (Å²) in [6.45, 7) is 0.389. The highest BCUT2D eigenvalue weighted by Gasteiger charge is 2.17. The van der Waals surface area contributed by atoms with Gasteiger partial charge in [0.15, 0.2) is 0 Å². The van der Waals surface area contributed by atoms with Crippen LogP contribution in [0.5, 0.6) is 0 Å². The third-order valence-electron chi connectivity index (χ3n) is 3.74. The molecule has 0 amide bonds. The average molecular weight is 350 g/mol. The standard InChI is InChI=1S/C16H16ClN3O2S/c1-20(13(9-21)10-2-4-11(17)5-3-10)8-14-18-15(22)12-6-7-23-16(12)19-14/h2-7,13,21H,8-9H2,1H3,(H,18,19,22). The normalized spacial score (nSPS) is 12.9. The second-order valence-corrected chi connectivity index (χ2v) is 6.65. The summed E-state index contributed by atoms with van der Waals surface area (Å²) in [6.07, 6.45) is 0. The van der Waals surface area contributed by atoms with Crippen LogP contribution in [0.25, 0.3) is 10.2 Å². The molecule has 0 saturated heterocycles. The first-order valence-electron chi connectivity index (χ1n) is 7.11. The fourth-order valence-electron chi connectivity index (χ4n) is 2.52. The zero-order valence-electron chi connectivity index (χ0n) is 12.5. The van der Waals surface area contributed by atoms with Crippen LogP contribution in [0, 0.1) is 0 Å². The van der Waals surface area contributed by atoms with E-state index >= 15 is 0 Å². The Balaban J connectivity index is 1.84. The third-order valence-corrected chi connectivity index (χ3v) is 4.80. The van der Waals surface area contributed by atoms with Crippen LogP contribution in [0.2, 0.25) is 5.02 Å². The van der Waals surface area contributed by atoms with Crippen molar-refractivity contribution < 1.29 is 5.11 Å². The molecule has 0 aliphatic heterocycles. The highest BCUT2D eigenvalue weighted by atomic mass is 35.5. The lowest BCUT2D eigenvalue weighted by molar-refractivity contribution is 0.140. The summed E-state index contributed by atoms with van der Waals surface area (Å²) < 4.78 is 0. The topological polar surface area (TPSA) is 69.2 Å².